The molecule has 0 fully saturated rings. The molecule has 0 spiro atoms. The summed E-state index contributed by atoms with van der Waals surface area (Å²) in [5, 5.41) is 0. The highest BCUT2D eigenvalue weighted by Gasteiger charge is 2.19. The number of hydrogen-bond acceptors (Lipinski definition) is 6. The zero-order chi connectivity index (χ0) is 56.4. The van der Waals surface area contributed by atoms with Crippen molar-refractivity contribution in [3.05, 3.63) is 85.1 Å². The Balaban J connectivity index is 4.25. The molecule has 0 aliphatic rings. The van der Waals surface area contributed by atoms with Crippen LogP contribution in [0.2, 0.25) is 0 Å². The first-order valence-electron chi connectivity index (χ1n) is 33.6. The molecule has 0 heterocycles. The second-order valence-electron chi connectivity index (χ2n) is 22.4. The Morgan fingerprint density at radius 3 is 0.782 bits per heavy atom. The van der Waals surface area contributed by atoms with Crippen LogP contribution in [-0.4, -0.2) is 37.2 Å². The molecule has 1 unspecified atom stereocenters. The Bertz CT molecular complexity index is 1480. The topological polar surface area (TPSA) is 78.9 Å². The second-order valence-corrected chi connectivity index (χ2v) is 22.4. The van der Waals surface area contributed by atoms with Gasteiger partial charge in [0.25, 0.3) is 0 Å². The molecule has 0 rings (SSSR count). The molecule has 0 saturated heterocycles. The number of esters is 3. The van der Waals surface area contributed by atoms with Crippen LogP contribution in [0.15, 0.2) is 85.1 Å². The average Bonchev–Trinajstić information content (AvgIpc) is 3.44. The monoisotopic (exact) mass is 1090 g/mol. The number of ether oxygens (including phenoxy) is 3. The summed E-state index contributed by atoms with van der Waals surface area (Å²) >= 11 is 0. The molecule has 0 aliphatic carbocycles. The van der Waals surface area contributed by atoms with E-state index < -0.39 is 6.10 Å². The van der Waals surface area contributed by atoms with Crippen LogP contribution in [0.4, 0.5) is 0 Å². The van der Waals surface area contributed by atoms with Gasteiger partial charge in [0.05, 0.1) is 0 Å². The predicted octanol–water partition coefficient (Wildman–Crippen LogP) is 23.1. The van der Waals surface area contributed by atoms with Crippen LogP contribution < -0.4 is 0 Å². The zero-order valence-electron chi connectivity index (χ0n) is 51.7. The molecule has 0 amide bonds. The van der Waals surface area contributed by atoms with Gasteiger partial charge in [-0.1, -0.05) is 286 Å². The van der Waals surface area contributed by atoms with E-state index in [0.717, 1.165) is 109 Å². The van der Waals surface area contributed by atoms with Gasteiger partial charge in [0.1, 0.15) is 13.2 Å². The summed E-state index contributed by atoms with van der Waals surface area (Å²) in [5.41, 5.74) is 0. The van der Waals surface area contributed by atoms with E-state index in [9.17, 15) is 14.4 Å². The summed E-state index contributed by atoms with van der Waals surface area (Å²) in [5.74, 6) is -0.894. The molecule has 0 aromatic rings. The van der Waals surface area contributed by atoms with Crippen molar-refractivity contribution in [2.24, 2.45) is 0 Å². The van der Waals surface area contributed by atoms with Gasteiger partial charge >= 0.3 is 17.9 Å². The maximum absolute atomic E-state index is 12.9. The molecule has 6 heteroatoms. The van der Waals surface area contributed by atoms with Crippen LogP contribution in [0.5, 0.6) is 0 Å². The summed E-state index contributed by atoms with van der Waals surface area (Å²) < 4.78 is 16.9. The van der Waals surface area contributed by atoms with Gasteiger partial charge in [0.2, 0.25) is 0 Å². The fourth-order valence-electron chi connectivity index (χ4n) is 9.52. The van der Waals surface area contributed by atoms with Crippen molar-refractivity contribution >= 4 is 17.9 Å². The van der Waals surface area contributed by atoms with Crippen molar-refractivity contribution < 1.29 is 28.6 Å². The van der Waals surface area contributed by atoms with E-state index >= 15 is 0 Å². The summed E-state index contributed by atoms with van der Waals surface area (Å²) in [7, 11) is 0. The summed E-state index contributed by atoms with van der Waals surface area (Å²) in [4.78, 5) is 38.3. The quantitative estimate of drug-likeness (QED) is 0.0261. The smallest absolute Gasteiger partial charge is 0.306 e. The van der Waals surface area contributed by atoms with Crippen molar-refractivity contribution in [3.8, 4) is 0 Å². The number of carbonyl (C=O) groups is 3. The Labute approximate surface area is 484 Å². The van der Waals surface area contributed by atoms with Crippen LogP contribution in [-0.2, 0) is 28.6 Å². The lowest BCUT2D eigenvalue weighted by atomic mass is 10.0. The van der Waals surface area contributed by atoms with Gasteiger partial charge in [-0.2, -0.15) is 0 Å². The Morgan fingerprint density at radius 1 is 0.256 bits per heavy atom. The number of rotatable bonds is 61. The first-order chi connectivity index (χ1) is 38.5. The number of carbonyl (C=O) groups excluding carboxylic acids is 3. The number of hydrogen-bond donors (Lipinski definition) is 0. The molecule has 78 heavy (non-hydrogen) atoms. The maximum atomic E-state index is 12.9. The van der Waals surface area contributed by atoms with Gasteiger partial charge < -0.3 is 14.2 Å². The van der Waals surface area contributed by atoms with Crippen molar-refractivity contribution in [2.45, 2.75) is 341 Å². The van der Waals surface area contributed by atoms with E-state index in [4.69, 9.17) is 14.2 Å². The van der Waals surface area contributed by atoms with E-state index in [0.29, 0.717) is 19.3 Å². The molecular formula is C72H126O6. The van der Waals surface area contributed by atoms with E-state index in [1.807, 2.05) is 0 Å². The number of unbranched alkanes of at least 4 members (excludes halogenated alkanes) is 36. The molecule has 0 bridgehead atoms. The minimum Gasteiger partial charge on any atom is -0.462 e. The van der Waals surface area contributed by atoms with Crippen LogP contribution in [0.25, 0.3) is 0 Å². The van der Waals surface area contributed by atoms with Gasteiger partial charge in [-0.3, -0.25) is 14.4 Å². The van der Waals surface area contributed by atoms with E-state index in [1.54, 1.807) is 0 Å². The van der Waals surface area contributed by atoms with Crippen LogP contribution in [0, 0.1) is 0 Å². The Hall–Kier alpha value is -3.41. The Kier molecular flexibility index (Phi) is 63.2. The second kappa shape index (κ2) is 66.1. The van der Waals surface area contributed by atoms with E-state index in [1.165, 1.54) is 186 Å². The van der Waals surface area contributed by atoms with Crippen molar-refractivity contribution in [1.82, 2.24) is 0 Å². The predicted molar refractivity (Wildman–Crippen MR) is 339 cm³/mol. The van der Waals surface area contributed by atoms with Gasteiger partial charge in [-0.15, -0.1) is 0 Å². The van der Waals surface area contributed by atoms with Gasteiger partial charge in [-0.25, -0.2) is 0 Å². The van der Waals surface area contributed by atoms with Gasteiger partial charge in [-0.05, 0) is 116 Å². The minimum atomic E-state index is -0.788. The van der Waals surface area contributed by atoms with E-state index in [2.05, 4.69) is 106 Å². The number of allylic oxidation sites excluding steroid dienone is 14. The van der Waals surface area contributed by atoms with Gasteiger partial charge in [0.15, 0.2) is 6.10 Å². The van der Waals surface area contributed by atoms with Crippen LogP contribution >= 0.6 is 0 Å². The molecule has 0 radical (unpaired) electrons. The summed E-state index contributed by atoms with van der Waals surface area (Å²) in [6.45, 7) is 6.56. The lowest BCUT2D eigenvalue weighted by Gasteiger charge is -2.18. The largest absolute Gasteiger partial charge is 0.462 e. The third-order valence-electron chi connectivity index (χ3n) is 14.6. The highest BCUT2D eigenvalue weighted by Crippen LogP contribution is 2.16. The lowest BCUT2D eigenvalue weighted by molar-refractivity contribution is -0.167. The molecule has 0 saturated carbocycles. The lowest BCUT2D eigenvalue weighted by Crippen LogP contribution is -2.30. The fourth-order valence-corrected chi connectivity index (χ4v) is 9.52. The third-order valence-corrected chi connectivity index (χ3v) is 14.6. The molecule has 450 valence electrons. The van der Waals surface area contributed by atoms with E-state index in [-0.39, 0.29) is 31.1 Å². The Morgan fingerprint density at radius 2 is 0.487 bits per heavy atom. The summed E-state index contributed by atoms with van der Waals surface area (Å²) in [6.07, 6.45) is 87.4. The molecule has 0 N–H and O–H groups in total. The highest BCUT2D eigenvalue weighted by atomic mass is 16.6. The molecule has 1 atom stereocenters. The molecule has 6 nitrogen and oxygen atoms in total. The average molecular weight is 1090 g/mol. The van der Waals surface area contributed by atoms with Crippen LogP contribution in [0.1, 0.15) is 335 Å². The van der Waals surface area contributed by atoms with Crippen molar-refractivity contribution in [2.75, 3.05) is 13.2 Å². The normalized spacial score (nSPS) is 12.6. The van der Waals surface area contributed by atoms with Crippen molar-refractivity contribution in [3.63, 3.8) is 0 Å². The molecule has 0 aromatic heterocycles. The van der Waals surface area contributed by atoms with Crippen molar-refractivity contribution in [1.29, 1.82) is 0 Å². The third kappa shape index (κ3) is 63.4. The minimum absolute atomic E-state index is 0.0831. The SMILES string of the molecule is CCC/C=C\C/C=C\CCCCCCCC(=O)OCC(COC(=O)CCCCCCCCCCCCCCCC/C=C\C/C=C\C/C=C\CCCCCCC)OC(=O)CCCCCCCCC/C=C\C/C=C\CCCCCC. The fraction of sp³-hybridized carbons (Fsp3) is 0.764. The first kappa shape index (κ1) is 74.6. The van der Waals surface area contributed by atoms with Gasteiger partial charge in [0, 0.05) is 19.3 Å². The molecular weight excluding hydrogens is 961 g/mol. The zero-order valence-corrected chi connectivity index (χ0v) is 51.7. The molecule has 0 aliphatic heterocycles. The molecule has 0 aromatic carbocycles. The van der Waals surface area contributed by atoms with Crippen LogP contribution in [0.3, 0.4) is 0 Å². The highest BCUT2D eigenvalue weighted by molar-refractivity contribution is 5.71. The first-order valence-corrected chi connectivity index (χ1v) is 33.6. The maximum Gasteiger partial charge on any atom is 0.306 e. The standard InChI is InChI=1S/C72H126O6/c1-4-7-10-13-16-19-22-25-27-29-31-32-33-34-35-36-37-38-39-40-41-43-44-47-50-53-56-59-62-65-71(74)77-68-69(67-76-70(73)64-61-58-55-52-49-46-24-21-18-15-12-9-6-3)78-72(75)66-63-60-57-54-51-48-45-42-30-28-26-23-20-17-14-11-8-5-2/h12,15,20-25,28-31,33-34,69H,4-11,13-14,16-19,26-27,32,35-68H2,1-3H3/b15-12-,23-20-,24-21-,25-22-,30-28-,31-29-,34-33-. The summed E-state index contributed by atoms with van der Waals surface area (Å²) in [6, 6.07) is 0.